The highest BCUT2D eigenvalue weighted by Gasteiger charge is 2.53. The van der Waals surface area contributed by atoms with Gasteiger partial charge in [0.1, 0.15) is 0 Å². The molecule has 2 rings (SSSR count). The van der Waals surface area contributed by atoms with Gasteiger partial charge in [0, 0.05) is 10.6 Å². The lowest BCUT2D eigenvalue weighted by atomic mass is 9.89. The molecular formula is C14H17ClF2O. The Kier molecular flexibility index (Phi) is 3.93. The van der Waals surface area contributed by atoms with E-state index in [1.54, 1.807) is 12.1 Å². The molecule has 1 aliphatic rings. The average Bonchev–Trinajstić information content (AvgIpc) is 3.09. The largest absolute Gasteiger partial charge is 0.392 e. The molecule has 4 heteroatoms. The molecule has 100 valence electrons. The van der Waals surface area contributed by atoms with E-state index < -0.39 is 11.8 Å². The van der Waals surface area contributed by atoms with Crippen LogP contribution in [0.5, 0.6) is 0 Å². The summed E-state index contributed by atoms with van der Waals surface area (Å²) in [6, 6.07) is 3.59. The smallest absolute Gasteiger partial charge is 0.248 e. The zero-order valence-electron chi connectivity index (χ0n) is 10.3. The van der Waals surface area contributed by atoms with Crippen molar-refractivity contribution in [3.8, 4) is 0 Å². The first-order valence-electron chi connectivity index (χ1n) is 6.26. The van der Waals surface area contributed by atoms with Gasteiger partial charge in [0.15, 0.2) is 0 Å². The molecule has 1 aromatic carbocycles. The van der Waals surface area contributed by atoms with Crippen LogP contribution in [0, 0.1) is 0 Å². The number of benzene rings is 1. The molecule has 1 fully saturated rings. The van der Waals surface area contributed by atoms with Crippen molar-refractivity contribution in [3.05, 3.63) is 33.8 Å². The number of aryl methyl sites for hydroxylation is 1. The average molecular weight is 275 g/mol. The topological polar surface area (TPSA) is 20.2 Å². The van der Waals surface area contributed by atoms with Gasteiger partial charge in [-0.05, 0) is 36.5 Å². The summed E-state index contributed by atoms with van der Waals surface area (Å²) >= 11 is 6.10. The Labute approximate surface area is 111 Å². The van der Waals surface area contributed by atoms with E-state index in [9.17, 15) is 13.9 Å². The van der Waals surface area contributed by atoms with Gasteiger partial charge < -0.3 is 5.11 Å². The van der Waals surface area contributed by atoms with Crippen LogP contribution in [-0.4, -0.2) is 11.5 Å². The van der Waals surface area contributed by atoms with Gasteiger partial charge in [-0.3, -0.25) is 0 Å². The van der Waals surface area contributed by atoms with Crippen molar-refractivity contribution in [2.45, 2.75) is 51.1 Å². The van der Waals surface area contributed by atoms with Gasteiger partial charge in [0.2, 0.25) is 6.43 Å². The number of halogens is 3. The Bertz CT molecular complexity index is 442. The highest BCUT2D eigenvalue weighted by molar-refractivity contribution is 6.31. The number of hydrogen-bond donors (Lipinski definition) is 1. The summed E-state index contributed by atoms with van der Waals surface area (Å²) in [7, 11) is 0. The fraction of sp³-hybridized carbons (Fsp3) is 0.571. The van der Waals surface area contributed by atoms with Crippen molar-refractivity contribution in [2.75, 3.05) is 0 Å². The van der Waals surface area contributed by atoms with E-state index in [-0.39, 0.29) is 6.61 Å². The predicted octanol–water partition coefficient (Wildman–Crippen LogP) is 4.08. The summed E-state index contributed by atoms with van der Waals surface area (Å²) in [4.78, 5) is 0. The Morgan fingerprint density at radius 1 is 1.39 bits per heavy atom. The summed E-state index contributed by atoms with van der Waals surface area (Å²) in [5.41, 5.74) is 0.928. The maximum atomic E-state index is 13.2. The minimum Gasteiger partial charge on any atom is -0.392 e. The molecule has 0 heterocycles. The number of rotatable bonds is 5. The molecule has 0 atom stereocenters. The number of aliphatic hydroxyl groups excluding tert-OH is 1. The SMILES string of the molecule is CCCc1cc(Cl)c(CO)c(C2(C(F)F)CC2)c1. The third kappa shape index (κ3) is 2.26. The van der Waals surface area contributed by atoms with Crippen LogP contribution in [0.3, 0.4) is 0 Å². The van der Waals surface area contributed by atoms with E-state index >= 15 is 0 Å². The van der Waals surface area contributed by atoms with E-state index in [0.29, 0.717) is 29.0 Å². The molecule has 1 N–H and O–H groups in total. The summed E-state index contributed by atoms with van der Waals surface area (Å²) in [5, 5.41) is 9.77. The first kappa shape index (κ1) is 13.8. The molecule has 0 aromatic heterocycles. The van der Waals surface area contributed by atoms with Gasteiger partial charge >= 0.3 is 0 Å². The second-order valence-electron chi connectivity index (χ2n) is 4.97. The second-order valence-corrected chi connectivity index (χ2v) is 5.38. The normalized spacial score (nSPS) is 17.2. The van der Waals surface area contributed by atoms with E-state index in [1.165, 1.54) is 0 Å². The lowest BCUT2D eigenvalue weighted by Gasteiger charge is -2.20. The van der Waals surface area contributed by atoms with Gasteiger partial charge in [-0.15, -0.1) is 0 Å². The van der Waals surface area contributed by atoms with E-state index in [2.05, 4.69) is 0 Å². The second kappa shape index (κ2) is 5.14. The fourth-order valence-electron chi connectivity index (χ4n) is 2.47. The van der Waals surface area contributed by atoms with E-state index in [1.807, 2.05) is 6.92 Å². The molecule has 0 saturated heterocycles. The van der Waals surface area contributed by atoms with Gasteiger partial charge in [0.05, 0.1) is 12.0 Å². The summed E-state index contributed by atoms with van der Waals surface area (Å²) in [5.74, 6) is 0. The molecule has 1 aliphatic carbocycles. The van der Waals surface area contributed by atoms with Crippen molar-refractivity contribution in [3.63, 3.8) is 0 Å². The third-order valence-electron chi connectivity index (χ3n) is 3.69. The lowest BCUT2D eigenvalue weighted by molar-refractivity contribution is 0.101. The molecule has 0 aliphatic heterocycles. The quantitative estimate of drug-likeness (QED) is 0.858. The van der Waals surface area contributed by atoms with Gasteiger partial charge in [-0.2, -0.15) is 0 Å². The Hall–Kier alpha value is -0.670. The molecule has 1 nitrogen and oxygen atoms in total. The molecule has 0 spiro atoms. The first-order valence-corrected chi connectivity index (χ1v) is 6.63. The predicted molar refractivity (Wildman–Crippen MR) is 68.3 cm³/mol. The van der Waals surface area contributed by atoms with Crippen molar-refractivity contribution >= 4 is 11.6 Å². The molecule has 1 saturated carbocycles. The van der Waals surface area contributed by atoms with Crippen LogP contribution in [0.25, 0.3) is 0 Å². The molecular weight excluding hydrogens is 258 g/mol. The van der Waals surface area contributed by atoms with Crippen LogP contribution in [0.2, 0.25) is 5.02 Å². The van der Waals surface area contributed by atoms with Crippen molar-refractivity contribution in [1.29, 1.82) is 0 Å². The minimum absolute atomic E-state index is 0.283. The maximum Gasteiger partial charge on any atom is 0.248 e. The zero-order valence-corrected chi connectivity index (χ0v) is 11.1. The first-order chi connectivity index (χ1) is 8.55. The standard InChI is InChI=1S/C14H17ClF2O/c1-2-3-9-6-11(10(8-18)12(15)7-9)14(4-5-14)13(16)17/h6-7,13,18H,2-5,8H2,1H3. The van der Waals surface area contributed by atoms with Crippen molar-refractivity contribution in [2.24, 2.45) is 0 Å². The van der Waals surface area contributed by atoms with Crippen LogP contribution in [-0.2, 0) is 18.4 Å². The molecule has 0 unspecified atom stereocenters. The molecule has 0 amide bonds. The van der Waals surface area contributed by atoms with Gasteiger partial charge in [-0.1, -0.05) is 31.0 Å². The molecule has 0 radical (unpaired) electrons. The monoisotopic (exact) mass is 274 g/mol. The van der Waals surface area contributed by atoms with E-state index in [0.717, 1.165) is 18.4 Å². The van der Waals surface area contributed by atoms with Crippen LogP contribution >= 0.6 is 11.6 Å². The highest BCUT2D eigenvalue weighted by Crippen LogP contribution is 2.54. The fourth-order valence-corrected chi connectivity index (χ4v) is 2.77. The zero-order chi connectivity index (χ0) is 13.3. The number of aliphatic hydroxyl groups is 1. The third-order valence-corrected chi connectivity index (χ3v) is 4.03. The summed E-state index contributed by atoms with van der Waals surface area (Å²) < 4.78 is 26.4. The lowest BCUT2D eigenvalue weighted by Crippen LogP contribution is -2.20. The van der Waals surface area contributed by atoms with Crippen molar-refractivity contribution in [1.82, 2.24) is 0 Å². The van der Waals surface area contributed by atoms with Crippen LogP contribution in [0.15, 0.2) is 12.1 Å². The highest BCUT2D eigenvalue weighted by atomic mass is 35.5. The van der Waals surface area contributed by atoms with Gasteiger partial charge in [0.25, 0.3) is 0 Å². The molecule has 1 aromatic rings. The maximum absolute atomic E-state index is 13.2. The van der Waals surface area contributed by atoms with Gasteiger partial charge in [-0.25, -0.2) is 8.78 Å². The number of alkyl halides is 2. The minimum atomic E-state index is -2.39. The Balaban J connectivity index is 2.50. The van der Waals surface area contributed by atoms with Crippen LogP contribution < -0.4 is 0 Å². The summed E-state index contributed by atoms with van der Waals surface area (Å²) in [6.07, 6.45) is 0.316. The van der Waals surface area contributed by atoms with Crippen molar-refractivity contribution < 1.29 is 13.9 Å². The van der Waals surface area contributed by atoms with Crippen LogP contribution in [0.1, 0.15) is 42.9 Å². The van der Waals surface area contributed by atoms with Crippen LogP contribution in [0.4, 0.5) is 8.78 Å². The molecule has 18 heavy (non-hydrogen) atoms. The molecule has 0 bridgehead atoms. The Morgan fingerprint density at radius 3 is 2.50 bits per heavy atom. The summed E-state index contributed by atoms with van der Waals surface area (Å²) in [6.45, 7) is 1.75. The Morgan fingerprint density at radius 2 is 2.06 bits per heavy atom. The van der Waals surface area contributed by atoms with E-state index in [4.69, 9.17) is 11.6 Å². The number of hydrogen-bond acceptors (Lipinski definition) is 1.